The van der Waals surface area contributed by atoms with E-state index in [9.17, 15) is 24.8 Å². The topological polar surface area (TPSA) is 155 Å². The fourth-order valence-electron chi connectivity index (χ4n) is 5.49. The minimum atomic E-state index is -0.691. The van der Waals surface area contributed by atoms with Gasteiger partial charge in [0, 0.05) is 49.1 Å². The van der Waals surface area contributed by atoms with Gasteiger partial charge in [0.05, 0.1) is 12.7 Å². The Morgan fingerprint density at radius 1 is 1.09 bits per heavy atom. The Labute approximate surface area is 265 Å². The molecule has 4 N–H and O–H groups in total. The Morgan fingerprint density at radius 3 is 2.48 bits per heavy atom. The molecular formula is C35H31FN6O4. The number of phenolic OH excluding ortho intramolecular Hbond substituents is 1. The molecule has 1 aliphatic heterocycles. The van der Waals surface area contributed by atoms with Crippen LogP contribution < -0.4 is 20.4 Å². The number of nitrogens with one attached hydrogen (secondary N) is 2. The average molecular weight is 619 g/mol. The number of nitriles is 2. The number of hydrogen-bond acceptors (Lipinski definition) is 9. The number of amides is 1. The van der Waals surface area contributed by atoms with Gasteiger partial charge in [0.25, 0.3) is 5.91 Å². The van der Waals surface area contributed by atoms with Gasteiger partial charge < -0.3 is 20.1 Å². The van der Waals surface area contributed by atoms with Gasteiger partial charge in [0.15, 0.2) is 11.5 Å². The van der Waals surface area contributed by atoms with Gasteiger partial charge in [-0.15, -0.1) is 0 Å². The zero-order valence-electron chi connectivity index (χ0n) is 25.0. The smallest absolute Gasteiger partial charge is 0.267 e. The third-order valence-electron chi connectivity index (χ3n) is 7.95. The van der Waals surface area contributed by atoms with Crippen LogP contribution in [-0.2, 0) is 11.3 Å². The number of aromatic hydroxyl groups is 1. The lowest BCUT2D eigenvalue weighted by atomic mass is 9.91. The van der Waals surface area contributed by atoms with Crippen molar-refractivity contribution in [3.8, 4) is 45.9 Å². The summed E-state index contributed by atoms with van der Waals surface area (Å²) >= 11 is 0. The first-order chi connectivity index (χ1) is 22.3. The zero-order valence-corrected chi connectivity index (χ0v) is 25.0. The van der Waals surface area contributed by atoms with Gasteiger partial charge in [0.2, 0.25) is 0 Å². The predicted molar refractivity (Wildman–Crippen MR) is 170 cm³/mol. The molecule has 1 saturated heterocycles. The highest BCUT2D eigenvalue weighted by Crippen LogP contribution is 2.41. The van der Waals surface area contributed by atoms with Crippen LogP contribution in [0.3, 0.4) is 0 Å². The fraction of sp³-hybridized carbons (Fsp3) is 0.200. The molecule has 0 atom stereocenters. The third kappa shape index (κ3) is 6.97. The molecule has 2 heterocycles. The third-order valence-corrected chi connectivity index (χ3v) is 7.95. The summed E-state index contributed by atoms with van der Waals surface area (Å²) in [6.45, 7) is 1.94. The molecule has 10 nitrogen and oxygen atoms in total. The minimum absolute atomic E-state index is 0.0438. The van der Waals surface area contributed by atoms with E-state index in [-0.39, 0.29) is 28.7 Å². The average Bonchev–Trinajstić information content (AvgIpc) is 3.09. The van der Waals surface area contributed by atoms with Crippen LogP contribution in [0, 0.1) is 28.5 Å². The number of nitrogens with zero attached hydrogens (tertiary/aromatic N) is 4. The molecule has 0 radical (unpaired) electrons. The van der Waals surface area contributed by atoms with Gasteiger partial charge in [-0.2, -0.15) is 10.5 Å². The van der Waals surface area contributed by atoms with Crippen molar-refractivity contribution in [2.45, 2.75) is 25.4 Å². The Morgan fingerprint density at radius 2 is 1.83 bits per heavy atom. The second-order valence-electron chi connectivity index (χ2n) is 10.7. The standard InChI is InChI=1S/C35H31FN6O4/c1-46-32-17-24(9-10-31(32)43)29-21-40-35(28(19-38)34(29)25-7-8-26(18-37)30(36)16-25)42-14-12-27(13-15-42)39-20-23-4-2-22(3-5-23)6-11-33(44)41-45/h2-11,16-17,21,27,39,43,45H,12-15,20H2,1H3,(H,41,44)/b11-6+. The predicted octanol–water partition coefficient (Wildman–Crippen LogP) is 5.29. The number of aromatic nitrogens is 1. The lowest BCUT2D eigenvalue weighted by Gasteiger charge is -2.34. The van der Waals surface area contributed by atoms with Crippen LogP contribution in [0.15, 0.2) is 72.9 Å². The van der Waals surface area contributed by atoms with Crippen LogP contribution >= 0.6 is 0 Å². The number of hydrogen-bond donors (Lipinski definition) is 4. The molecule has 0 bridgehead atoms. The van der Waals surface area contributed by atoms with Gasteiger partial charge in [-0.05, 0) is 65.4 Å². The Kier molecular flexibility index (Phi) is 9.88. The number of benzene rings is 3. The van der Waals surface area contributed by atoms with Gasteiger partial charge in [0.1, 0.15) is 29.3 Å². The van der Waals surface area contributed by atoms with Crippen LogP contribution in [-0.4, -0.2) is 47.4 Å². The maximum absolute atomic E-state index is 14.9. The zero-order chi connectivity index (χ0) is 32.6. The molecule has 0 aliphatic carbocycles. The molecule has 0 saturated carbocycles. The van der Waals surface area contributed by atoms with Gasteiger partial charge in [-0.1, -0.05) is 36.4 Å². The number of pyridine rings is 1. The maximum atomic E-state index is 14.9. The summed E-state index contributed by atoms with van der Waals surface area (Å²) in [6, 6.07) is 21.2. The Balaban J connectivity index is 1.37. The number of rotatable bonds is 9. The van der Waals surface area contributed by atoms with Gasteiger partial charge in [-0.25, -0.2) is 14.9 Å². The normalized spacial score (nSPS) is 13.3. The molecule has 1 aliphatic rings. The molecule has 5 rings (SSSR count). The summed E-state index contributed by atoms with van der Waals surface area (Å²) in [6.07, 6.45) is 6.12. The van der Waals surface area contributed by atoms with Crippen molar-refractivity contribution in [1.82, 2.24) is 15.8 Å². The molecule has 46 heavy (non-hydrogen) atoms. The van der Waals surface area contributed by atoms with E-state index in [1.54, 1.807) is 36.0 Å². The summed E-state index contributed by atoms with van der Waals surface area (Å²) in [7, 11) is 1.44. The van der Waals surface area contributed by atoms with E-state index in [4.69, 9.17) is 14.9 Å². The quantitative estimate of drug-likeness (QED) is 0.111. The lowest BCUT2D eigenvalue weighted by molar-refractivity contribution is -0.124. The Bertz CT molecular complexity index is 1860. The number of anilines is 1. The van der Waals surface area contributed by atoms with Crippen molar-refractivity contribution in [3.05, 3.63) is 101 Å². The van der Waals surface area contributed by atoms with Crippen LogP contribution in [0.25, 0.3) is 28.3 Å². The molecule has 1 fully saturated rings. The molecule has 0 unspecified atom stereocenters. The van der Waals surface area contributed by atoms with Gasteiger partial charge in [-0.3, -0.25) is 10.0 Å². The number of hydroxylamine groups is 1. The number of phenols is 1. The van der Waals surface area contributed by atoms with Gasteiger partial charge >= 0.3 is 0 Å². The van der Waals surface area contributed by atoms with Crippen molar-refractivity contribution < 1.29 is 24.2 Å². The number of ether oxygens (including phenoxy) is 1. The largest absolute Gasteiger partial charge is 0.504 e. The monoisotopic (exact) mass is 618 g/mol. The number of carbonyl (C=O) groups excluding carboxylic acids is 1. The molecule has 1 amide bonds. The SMILES string of the molecule is COc1cc(-c2cnc(N3CCC(NCc4ccc(/C=C/C(=O)NO)cc4)CC3)c(C#N)c2-c2ccc(C#N)c(F)c2)ccc1O. The highest BCUT2D eigenvalue weighted by atomic mass is 19.1. The summed E-state index contributed by atoms with van der Waals surface area (Å²) in [4.78, 5) is 18.0. The Hall–Kier alpha value is -5.75. The molecule has 232 valence electrons. The summed E-state index contributed by atoms with van der Waals surface area (Å²) in [5.41, 5.74) is 5.73. The molecule has 11 heteroatoms. The molecule has 4 aromatic rings. The van der Waals surface area contributed by atoms with E-state index in [0.29, 0.717) is 47.7 Å². The van der Waals surface area contributed by atoms with E-state index in [1.165, 1.54) is 31.4 Å². The molecule has 0 spiro atoms. The molecule has 1 aromatic heterocycles. The second kappa shape index (κ2) is 14.4. The first kappa shape index (κ1) is 31.7. The van der Waals surface area contributed by atoms with E-state index >= 15 is 0 Å². The van der Waals surface area contributed by atoms with Crippen LogP contribution in [0.2, 0.25) is 0 Å². The highest BCUT2D eigenvalue weighted by Gasteiger charge is 2.26. The first-order valence-corrected chi connectivity index (χ1v) is 14.5. The van der Waals surface area contributed by atoms with Crippen molar-refractivity contribution in [2.24, 2.45) is 0 Å². The second-order valence-corrected chi connectivity index (χ2v) is 10.7. The lowest BCUT2D eigenvalue weighted by Crippen LogP contribution is -2.42. The number of halogens is 1. The van der Waals surface area contributed by atoms with E-state index < -0.39 is 11.7 Å². The number of piperidine rings is 1. The van der Waals surface area contributed by atoms with E-state index in [0.717, 1.165) is 24.0 Å². The van der Waals surface area contributed by atoms with Crippen LogP contribution in [0.4, 0.5) is 10.2 Å². The van der Waals surface area contributed by atoms with Crippen LogP contribution in [0.1, 0.15) is 35.1 Å². The number of methoxy groups -OCH3 is 1. The maximum Gasteiger partial charge on any atom is 0.267 e. The summed E-state index contributed by atoms with van der Waals surface area (Å²) in [5, 5.41) is 42.1. The van der Waals surface area contributed by atoms with Crippen molar-refractivity contribution >= 4 is 17.8 Å². The highest BCUT2D eigenvalue weighted by molar-refractivity contribution is 5.91. The molecular weight excluding hydrogens is 587 g/mol. The fourth-order valence-corrected chi connectivity index (χ4v) is 5.49. The molecule has 3 aromatic carbocycles. The minimum Gasteiger partial charge on any atom is -0.504 e. The van der Waals surface area contributed by atoms with E-state index in [2.05, 4.69) is 16.3 Å². The first-order valence-electron chi connectivity index (χ1n) is 14.5. The summed E-state index contributed by atoms with van der Waals surface area (Å²) in [5.74, 6) is -0.594. The number of carbonyl (C=O) groups is 1. The van der Waals surface area contributed by atoms with Crippen molar-refractivity contribution in [2.75, 3.05) is 25.1 Å². The summed E-state index contributed by atoms with van der Waals surface area (Å²) < 4.78 is 20.1. The van der Waals surface area contributed by atoms with Crippen LogP contribution in [0.5, 0.6) is 11.5 Å². The van der Waals surface area contributed by atoms with E-state index in [1.807, 2.05) is 30.3 Å². The van der Waals surface area contributed by atoms with Crippen molar-refractivity contribution in [1.29, 1.82) is 10.5 Å². The van der Waals surface area contributed by atoms with Crippen molar-refractivity contribution in [3.63, 3.8) is 0 Å².